The lowest BCUT2D eigenvalue weighted by Gasteiger charge is -2.43. The summed E-state index contributed by atoms with van der Waals surface area (Å²) in [6, 6.07) is 6.66. The predicted molar refractivity (Wildman–Crippen MR) is 107 cm³/mol. The minimum atomic E-state index is -0.721. The van der Waals surface area contributed by atoms with E-state index in [2.05, 4.69) is 30.2 Å². The zero-order chi connectivity index (χ0) is 21.4. The number of rotatable bonds is 5. The van der Waals surface area contributed by atoms with Crippen molar-refractivity contribution in [2.75, 3.05) is 49.6 Å². The van der Waals surface area contributed by atoms with Gasteiger partial charge in [0.25, 0.3) is 0 Å². The van der Waals surface area contributed by atoms with Gasteiger partial charge in [0.05, 0.1) is 24.9 Å². The molecule has 2 fully saturated rings. The molecular weight excluding hydrogens is 411 g/mol. The summed E-state index contributed by atoms with van der Waals surface area (Å²) in [6.07, 6.45) is 1.31. The number of aromatic nitrogens is 4. The molecule has 5 rings (SSSR count). The van der Waals surface area contributed by atoms with Crippen molar-refractivity contribution in [1.29, 1.82) is 0 Å². The number of nitrogens with one attached hydrogen (secondary N) is 1. The first-order valence-electron chi connectivity index (χ1n) is 9.93. The number of hydrogen-bond acceptors (Lipinski definition) is 7. The number of ether oxygens (including phenoxy) is 1. The summed E-state index contributed by atoms with van der Waals surface area (Å²) in [6.45, 7) is 4.88. The van der Waals surface area contributed by atoms with Crippen molar-refractivity contribution in [1.82, 2.24) is 24.6 Å². The van der Waals surface area contributed by atoms with Gasteiger partial charge in [0.15, 0.2) is 0 Å². The smallest absolute Gasteiger partial charge is 0.248 e. The second-order valence-electron chi connectivity index (χ2n) is 7.51. The summed E-state index contributed by atoms with van der Waals surface area (Å²) < 4.78 is 47.5. The van der Waals surface area contributed by atoms with E-state index >= 15 is 0 Å². The maximum atomic E-state index is 14.2. The quantitative estimate of drug-likeness (QED) is 0.622. The largest absolute Gasteiger partial charge is 0.378 e. The maximum Gasteiger partial charge on any atom is 0.248 e. The third-order valence-electron chi connectivity index (χ3n) is 5.44. The van der Waals surface area contributed by atoms with E-state index in [0.717, 1.165) is 57.6 Å². The molecule has 31 heavy (non-hydrogen) atoms. The third-order valence-corrected chi connectivity index (χ3v) is 5.44. The van der Waals surface area contributed by atoms with Crippen LogP contribution in [0, 0.1) is 17.6 Å². The van der Waals surface area contributed by atoms with Gasteiger partial charge in [-0.15, -0.1) is 5.10 Å². The first kappa shape index (κ1) is 19.8. The lowest BCUT2D eigenvalue weighted by molar-refractivity contribution is -0.0660. The highest BCUT2D eigenvalue weighted by Gasteiger charge is 2.29. The van der Waals surface area contributed by atoms with Crippen molar-refractivity contribution in [3.05, 3.63) is 54.2 Å². The first-order chi connectivity index (χ1) is 15.0. The minimum absolute atomic E-state index is 0.128. The molecule has 0 spiro atoms. The Morgan fingerprint density at radius 1 is 0.903 bits per heavy atom. The number of piperazine rings is 1. The highest BCUT2D eigenvalue weighted by Crippen LogP contribution is 2.24. The van der Waals surface area contributed by atoms with Crippen LogP contribution >= 0.6 is 0 Å². The second kappa shape index (κ2) is 8.16. The molecule has 2 aromatic heterocycles. The zero-order valence-electron chi connectivity index (χ0n) is 16.5. The molecule has 0 amide bonds. The Kier molecular flexibility index (Phi) is 5.20. The van der Waals surface area contributed by atoms with E-state index in [1.807, 2.05) is 0 Å². The number of hydrogen-bond donors (Lipinski definition) is 1. The Hall–Kier alpha value is -3.18. The van der Waals surface area contributed by atoms with Crippen molar-refractivity contribution in [3.8, 4) is 5.69 Å². The standard InChI is InChI=1S/C20H20F3N7O/c21-13-5-14(22)7-16(6-13)30-12-24-20(27-30)26-19-9-15(8-18(23)25-19)28-1-3-29(4-2-28)17-10-31-11-17/h5-9,12,17H,1-4,10-11H2,(H,25,26,27). The molecule has 0 radical (unpaired) electrons. The Balaban J connectivity index is 1.29. The van der Waals surface area contributed by atoms with Crippen LogP contribution in [-0.4, -0.2) is 70.1 Å². The highest BCUT2D eigenvalue weighted by atomic mass is 19.1. The van der Waals surface area contributed by atoms with Crippen LogP contribution in [0.25, 0.3) is 5.69 Å². The normalized spacial score (nSPS) is 17.6. The SMILES string of the molecule is Fc1cc(F)cc(-n2cnc(Nc3cc(N4CCN(C5COC5)CC4)cc(F)n3)n2)c1. The summed E-state index contributed by atoms with van der Waals surface area (Å²) in [4.78, 5) is 12.4. The molecule has 0 unspecified atom stereocenters. The average Bonchev–Trinajstić information content (AvgIpc) is 3.14. The molecule has 0 atom stereocenters. The highest BCUT2D eigenvalue weighted by molar-refractivity contribution is 5.58. The van der Waals surface area contributed by atoms with Gasteiger partial charge in [0.2, 0.25) is 11.9 Å². The van der Waals surface area contributed by atoms with Gasteiger partial charge < -0.3 is 15.0 Å². The molecule has 3 aromatic rings. The van der Waals surface area contributed by atoms with E-state index in [4.69, 9.17) is 4.74 Å². The van der Waals surface area contributed by atoms with Crippen LogP contribution in [0.2, 0.25) is 0 Å². The van der Waals surface area contributed by atoms with E-state index in [1.165, 1.54) is 17.1 Å². The predicted octanol–water partition coefficient (Wildman–Crippen LogP) is 2.34. The fourth-order valence-corrected chi connectivity index (χ4v) is 3.74. The summed E-state index contributed by atoms with van der Waals surface area (Å²) in [5, 5.41) is 7.00. The molecule has 1 aromatic carbocycles. The molecule has 0 aliphatic carbocycles. The van der Waals surface area contributed by atoms with E-state index in [-0.39, 0.29) is 17.5 Å². The van der Waals surface area contributed by atoms with Crippen LogP contribution in [0.3, 0.4) is 0 Å². The van der Waals surface area contributed by atoms with E-state index in [0.29, 0.717) is 11.7 Å². The minimum Gasteiger partial charge on any atom is -0.378 e. The van der Waals surface area contributed by atoms with Crippen molar-refractivity contribution in [2.45, 2.75) is 6.04 Å². The van der Waals surface area contributed by atoms with Gasteiger partial charge in [-0.25, -0.2) is 18.4 Å². The van der Waals surface area contributed by atoms with Gasteiger partial charge in [0, 0.05) is 50.1 Å². The summed E-state index contributed by atoms with van der Waals surface area (Å²) >= 11 is 0. The molecular formula is C20H20F3N7O. The zero-order valence-corrected chi connectivity index (χ0v) is 16.5. The molecule has 1 N–H and O–H groups in total. The van der Waals surface area contributed by atoms with Gasteiger partial charge in [0.1, 0.15) is 23.8 Å². The van der Waals surface area contributed by atoms with E-state index in [9.17, 15) is 13.2 Å². The van der Waals surface area contributed by atoms with Crippen LogP contribution in [0.5, 0.6) is 0 Å². The number of pyridine rings is 1. The number of halogens is 3. The van der Waals surface area contributed by atoms with Crippen molar-refractivity contribution in [2.24, 2.45) is 0 Å². The lowest BCUT2D eigenvalue weighted by Crippen LogP contribution is -2.56. The maximum absolute atomic E-state index is 14.2. The van der Waals surface area contributed by atoms with Gasteiger partial charge in [-0.05, 0) is 12.1 Å². The Labute approximate surface area is 176 Å². The number of benzene rings is 1. The van der Waals surface area contributed by atoms with E-state index in [1.54, 1.807) is 6.07 Å². The van der Waals surface area contributed by atoms with Crippen molar-refractivity contribution in [3.63, 3.8) is 0 Å². The molecule has 8 nitrogen and oxygen atoms in total. The van der Waals surface area contributed by atoms with Crippen LogP contribution in [0.15, 0.2) is 36.7 Å². The lowest BCUT2D eigenvalue weighted by atomic mass is 10.1. The third kappa shape index (κ3) is 4.32. The van der Waals surface area contributed by atoms with Crippen LogP contribution in [0.4, 0.5) is 30.6 Å². The Morgan fingerprint density at radius 3 is 2.32 bits per heavy atom. The van der Waals surface area contributed by atoms with Crippen molar-refractivity contribution < 1.29 is 17.9 Å². The Bertz CT molecular complexity index is 1060. The topological polar surface area (TPSA) is 71.3 Å². The second-order valence-corrected chi connectivity index (χ2v) is 7.51. The van der Waals surface area contributed by atoms with Crippen LogP contribution in [-0.2, 0) is 4.74 Å². The summed E-state index contributed by atoms with van der Waals surface area (Å²) in [7, 11) is 0. The molecule has 4 heterocycles. The van der Waals surface area contributed by atoms with Crippen molar-refractivity contribution >= 4 is 17.5 Å². The van der Waals surface area contributed by atoms with Crippen LogP contribution in [0.1, 0.15) is 0 Å². The molecule has 0 saturated carbocycles. The average molecular weight is 431 g/mol. The molecule has 2 saturated heterocycles. The van der Waals surface area contributed by atoms with Gasteiger partial charge >= 0.3 is 0 Å². The summed E-state index contributed by atoms with van der Waals surface area (Å²) in [5.41, 5.74) is 0.895. The first-order valence-corrected chi connectivity index (χ1v) is 9.93. The fourth-order valence-electron chi connectivity index (χ4n) is 3.74. The Morgan fingerprint density at radius 2 is 1.65 bits per heavy atom. The fraction of sp³-hybridized carbons (Fsp3) is 0.350. The molecule has 2 aliphatic heterocycles. The van der Waals surface area contributed by atoms with Crippen LogP contribution < -0.4 is 10.2 Å². The molecule has 162 valence electrons. The summed E-state index contributed by atoms with van der Waals surface area (Å²) in [5.74, 6) is -1.69. The monoisotopic (exact) mass is 431 g/mol. The van der Waals surface area contributed by atoms with Gasteiger partial charge in [-0.3, -0.25) is 4.90 Å². The van der Waals surface area contributed by atoms with E-state index < -0.39 is 17.6 Å². The number of nitrogens with zero attached hydrogens (tertiary/aromatic N) is 6. The molecule has 2 aliphatic rings. The van der Waals surface area contributed by atoms with Gasteiger partial charge in [-0.1, -0.05) is 0 Å². The molecule has 11 heteroatoms. The molecule has 0 bridgehead atoms. The number of anilines is 3. The van der Waals surface area contributed by atoms with Gasteiger partial charge in [-0.2, -0.15) is 9.37 Å².